The fourth-order valence-corrected chi connectivity index (χ4v) is 2.77. The van der Waals surface area contributed by atoms with Gasteiger partial charge in [-0.15, -0.1) is 0 Å². The van der Waals surface area contributed by atoms with Crippen molar-refractivity contribution >= 4 is 15.6 Å². The van der Waals surface area contributed by atoms with Gasteiger partial charge in [0.25, 0.3) is 0 Å². The van der Waals surface area contributed by atoms with Crippen LogP contribution in [-0.2, 0) is 9.71 Å². The molecule has 1 saturated heterocycles. The Balaban J connectivity index is 2.64. The number of hydrogen-bond donors (Lipinski definition) is 0. The summed E-state index contributed by atoms with van der Waals surface area (Å²) in [5, 5.41) is 0.149. The van der Waals surface area contributed by atoms with Crippen LogP contribution in [0.1, 0.15) is 13.8 Å². The number of piperazine rings is 1. The molecule has 1 unspecified atom stereocenters. The van der Waals surface area contributed by atoms with Crippen LogP contribution in [-0.4, -0.2) is 57.8 Å². The van der Waals surface area contributed by atoms with Gasteiger partial charge in [0.05, 0.1) is 0 Å². The van der Waals surface area contributed by atoms with E-state index in [9.17, 15) is 4.21 Å². The largest absolute Gasteiger partial charge is 0.304 e. The third-order valence-electron chi connectivity index (χ3n) is 2.64. The van der Waals surface area contributed by atoms with E-state index in [1.807, 2.05) is 18.2 Å². The van der Waals surface area contributed by atoms with Crippen molar-refractivity contribution in [3.8, 4) is 0 Å². The summed E-state index contributed by atoms with van der Waals surface area (Å²) in [4.78, 5) is 2.26. The van der Waals surface area contributed by atoms with E-state index in [4.69, 9.17) is 0 Å². The molecule has 4 heteroatoms. The molecule has 13 heavy (non-hydrogen) atoms. The highest BCUT2D eigenvalue weighted by Gasteiger charge is 2.22. The zero-order chi connectivity index (χ0) is 10.1. The van der Waals surface area contributed by atoms with Crippen LogP contribution >= 0.6 is 0 Å². The van der Waals surface area contributed by atoms with E-state index in [2.05, 4.69) is 17.8 Å². The van der Waals surface area contributed by atoms with Crippen molar-refractivity contribution in [3.05, 3.63) is 0 Å². The topological polar surface area (TPSA) is 23.6 Å². The molecule has 1 rings (SSSR count). The minimum absolute atomic E-state index is 0.149. The molecule has 0 bridgehead atoms. The molecule has 0 amide bonds. The van der Waals surface area contributed by atoms with Gasteiger partial charge in [-0.25, -0.2) is 4.31 Å². The maximum absolute atomic E-state index is 12.1. The van der Waals surface area contributed by atoms with E-state index in [0.717, 1.165) is 26.2 Å². The van der Waals surface area contributed by atoms with Crippen LogP contribution < -0.4 is 0 Å². The van der Waals surface area contributed by atoms with Gasteiger partial charge in [0.1, 0.15) is 0 Å². The maximum Gasteiger partial charge on any atom is 0.0347 e. The fourth-order valence-electron chi connectivity index (χ4n) is 1.40. The summed E-state index contributed by atoms with van der Waals surface area (Å²) in [6, 6.07) is 0. The lowest BCUT2D eigenvalue weighted by atomic mass is 10.4. The molecular formula is C9H20N2OS. The standard InChI is InChI=1S/C9H20N2OS/c1-9(2)13(4,12)11-7-5-10(3)6-8-11/h9H,4-8H2,1-3H3. The lowest BCUT2D eigenvalue weighted by molar-refractivity contribution is 0.227. The van der Waals surface area contributed by atoms with Crippen molar-refractivity contribution in [1.29, 1.82) is 0 Å². The Morgan fingerprint density at radius 2 is 1.69 bits per heavy atom. The van der Waals surface area contributed by atoms with E-state index in [1.54, 1.807) is 0 Å². The van der Waals surface area contributed by atoms with Crippen LogP contribution in [0.2, 0.25) is 0 Å². The summed E-state index contributed by atoms with van der Waals surface area (Å²) < 4.78 is 14.2. The molecular weight excluding hydrogens is 184 g/mol. The minimum atomic E-state index is -2.02. The van der Waals surface area contributed by atoms with Gasteiger partial charge in [-0.3, -0.25) is 4.21 Å². The van der Waals surface area contributed by atoms with Crippen molar-refractivity contribution in [1.82, 2.24) is 9.21 Å². The second-order valence-corrected chi connectivity index (χ2v) is 6.81. The Kier molecular flexibility index (Phi) is 3.38. The lowest BCUT2D eigenvalue weighted by Gasteiger charge is -2.35. The lowest BCUT2D eigenvalue weighted by Crippen LogP contribution is -2.48. The highest BCUT2D eigenvalue weighted by molar-refractivity contribution is 7.98. The van der Waals surface area contributed by atoms with E-state index in [-0.39, 0.29) is 5.25 Å². The van der Waals surface area contributed by atoms with E-state index in [1.165, 1.54) is 0 Å². The zero-order valence-corrected chi connectivity index (χ0v) is 9.64. The summed E-state index contributed by atoms with van der Waals surface area (Å²) in [7, 11) is 0.0781. The highest BCUT2D eigenvalue weighted by Crippen LogP contribution is 2.11. The van der Waals surface area contributed by atoms with E-state index >= 15 is 0 Å². The van der Waals surface area contributed by atoms with Gasteiger partial charge in [-0.05, 0) is 12.9 Å². The first-order valence-corrected chi connectivity index (χ1v) is 6.49. The highest BCUT2D eigenvalue weighted by atomic mass is 32.2. The van der Waals surface area contributed by atoms with Gasteiger partial charge in [-0.2, -0.15) is 0 Å². The van der Waals surface area contributed by atoms with Crippen LogP contribution in [0.5, 0.6) is 0 Å². The summed E-state index contributed by atoms with van der Waals surface area (Å²) >= 11 is 0. The Hall–Kier alpha value is -0.0600. The Morgan fingerprint density at radius 3 is 2.08 bits per heavy atom. The first-order chi connectivity index (χ1) is 5.94. The zero-order valence-electron chi connectivity index (χ0n) is 8.82. The molecule has 1 heterocycles. The molecule has 1 atom stereocenters. The summed E-state index contributed by atoms with van der Waals surface area (Å²) in [6.07, 6.45) is 0. The molecule has 0 radical (unpaired) electrons. The molecule has 0 aliphatic carbocycles. The van der Waals surface area contributed by atoms with Gasteiger partial charge in [0, 0.05) is 41.1 Å². The van der Waals surface area contributed by atoms with Crippen molar-refractivity contribution in [2.24, 2.45) is 0 Å². The van der Waals surface area contributed by atoms with Gasteiger partial charge < -0.3 is 4.90 Å². The second-order valence-electron chi connectivity index (χ2n) is 3.97. The first-order valence-electron chi connectivity index (χ1n) is 4.74. The van der Waals surface area contributed by atoms with E-state index in [0.29, 0.717) is 0 Å². The Labute approximate surface area is 81.9 Å². The van der Waals surface area contributed by atoms with E-state index < -0.39 is 9.71 Å². The Morgan fingerprint density at radius 1 is 1.23 bits per heavy atom. The molecule has 78 valence electrons. The van der Waals surface area contributed by atoms with Crippen LogP contribution in [0.15, 0.2) is 0 Å². The minimum Gasteiger partial charge on any atom is -0.304 e. The summed E-state index contributed by atoms with van der Waals surface area (Å²) in [6.45, 7) is 7.73. The molecule has 3 nitrogen and oxygen atoms in total. The summed E-state index contributed by atoms with van der Waals surface area (Å²) in [5.74, 6) is 3.85. The van der Waals surface area contributed by atoms with Gasteiger partial charge in [-0.1, -0.05) is 13.8 Å². The first kappa shape index (κ1) is 11.0. The maximum atomic E-state index is 12.1. The fraction of sp³-hybridized carbons (Fsp3) is 0.889. The number of likely N-dealkylation sites (N-methyl/N-ethyl adjacent to an activating group) is 1. The average Bonchev–Trinajstić information content (AvgIpc) is 2.04. The molecule has 0 aromatic carbocycles. The molecule has 0 spiro atoms. The van der Waals surface area contributed by atoms with Crippen LogP contribution in [0.25, 0.3) is 0 Å². The SMILES string of the molecule is C=S(=O)(C(C)C)N1CCN(C)CC1. The van der Waals surface area contributed by atoms with Gasteiger partial charge in [0.2, 0.25) is 0 Å². The van der Waals surface area contributed by atoms with Gasteiger partial charge >= 0.3 is 0 Å². The van der Waals surface area contributed by atoms with Crippen molar-refractivity contribution in [3.63, 3.8) is 0 Å². The molecule has 1 aliphatic heterocycles. The van der Waals surface area contributed by atoms with Crippen LogP contribution in [0, 0.1) is 0 Å². The predicted octanol–water partition coefficient (Wildman–Crippen LogP) is 0.274. The molecule has 0 aromatic rings. The monoisotopic (exact) mass is 204 g/mol. The van der Waals surface area contributed by atoms with Gasteiger partial charge in [0.15, 0.2) is 0 Å². The summed E-state index contributed by atoms with van der Waals surface area (Å²) in [5.41, 5.74) is 0. The third kappa shape index (κ3) is 2.45. The number of nitrogens with zero attached hydrogens (tertiary/aromatic N) is 2. The predicted molar refractivity (Wildman–Crippen MR) is 59.5 cm³/mol. The van der Waals surface area contributed by atoms with Crippen molar-refractivity contribution < 1.29 is 4.21 Å². The number of rotatable bonds is 2. The second kappa shape index (κ2) is 3.98. The molecule has 0 aromatic heterocycles. The van der Waals surface area contributed by atoms with Crippen LogP contribution in [0.3, 0.4) is 0 Å². The molecule has 1 fully saturated rings. The molecule has 1 aliphatic rings. The third-order valence-corrected chi connectivity index (χ3v) is 5.35. The smallest absolute Gasteiger partial charge is 0.0347 e. The average molecular weight is 204 g/mol. The molecule has 0 saturated carbocycles. The van der Waals surface area contributed by atoms with Crippen molar-refractivity contribution in [2.75, 3.05) is 33.2 Å². The number of hydrogen-bond acceptors (Lipinski definition) is 2. The van der Waals surface area contributed by atoms with Crippen LogP contribution in [0.4, 0.5) is 0 Å². The van der Waals surface area contributed by atoms with Crippen molar-refractivity contribution in [2.45, 2.75) is 19.1 Å². The Bertz CT molecular complexity index is 251. The normalized spacial score (nSPS) is 26.2. The quantitative estimate of drug-likeness (QED) is 0.603. The molecule has 0 N–H and O–H groups in total.